The first kappa shape index (κ1) is 22.5. The maximum absolute atomic E-state index is 12.5. The van der Waals surface area contributed by atoms with Gasteiger partial charge in [-0.1, -0.05) is 67.9 Å². The van der Waals surface area contributed by atoms with Crippen LogP contribution >= 0.6 is 0 Å². The maximum atomic E-state index is 12.5. The van der Waals surface area contributed by atoms with Crippen molar-refractivity contribution in [1.29, 1.82) is 5.26 Å². The first-order valence-electron chi connectivity index (χ1n) is 10.5. The Kier molecular flexibility index (Phi) is 7.94. The van der Waals surface area contributed by atoms with Crippen LogP contribution in [0.25, 0.3) is 17.2 Å². The molecule has 32 heavy (non-hydrogen) atoms. The molecule has 3 aromatic carbocycles. The van der Waals surface area contributed by atoms with Gasteiger partial charge in [-0.3, -0.25) is 4.79 Å². The van der Waals surface area contributed by atoms with Crippen molar-refractivity contribution in [2.75, 3.05) is 6.54 Å². The minimum Gasteiger partial charge on any atom is -0.423 e. The maximum Gasteiger partial charge on any atom is 0.343 e. The Morgan fingerprint density at radius 2 is 1.59 bits per heavy atom. The molecule has 0 aliphatic heterocycles. The van der Waals surface area contributed by atoms with E-state index in [1.807, 2.05) is 55.5 Å². The van der Waals surface area contributed by atoms with Gasteiger partial charge in [0.2, 0.25) is 0 Å². The van der Waals surface area contributed by atoms with E-state index in [0.29, 0.717) is 23.4 Å². The van der Waals surface area contributed by atoms with Gasteiger partial charge < -0.3 is 10.1 Å². The number of amides is 1. The summed E-state index contributed by atoms with van der Waals surface area (Å²) in [4.78, 5) is 24.5. The first-order chi connectivity index (χ1) is 15.6. The number of hydrogen-bond donors (Lipinski definition) is 1. The number of carbonyl (C=O) groups is 2. The molecule has 0 radical (unpaired) electrons. The lowest BCUT2D eigenvalue weighted by Gasteiger charge is -2.07. The lowest BCUT2D eigenvalue weighted by molar-refractivity contribution is -0.117. The average Bonchev–Trinajstić information content (AvgIpc) is 2.84. The second-order valence-corrected chi connectivity index (χ2v) is 7.18. The van der Waals surface area contributed by atoms with Gasteiger partial charge in [-0.15, -0.1) is 0 Å². The molecule has 5 heteroatoms. The van der Waals surface area contributed by atoms with Crippen LogP contribution in [0.4, 0.5) is 0 Å². The molecular formula is C27H24N2O3. The number of nitriles is 1. The highest BCUT2D eigenvalue weighted by molar-refractivity contribution is 6.01. The number of hydrogen-bond acceptors (Lipinski definition) is 4. The van der Waals surface area contributed by atoms with E-state index >= 15 is 0 Å². The normalized spacial score (nSPS) is 10.8. The molecule has 1 N–H and O–H groups in total. The lowest BCUT2D eigenvalue weighted by atomic mass is 10.0. The van der Waals surface area contributed by atoms with Gasteiger partial charge in [0, 0.05) is 6.54 Å². The smallest absolute Gasteiger partial charge is 0.343 e. The lowest BCUT2D eigenvalue weighted by Crippen LogP contribution is -2.25. The van der Waals surface area contributed by atoms with E-state index in [-0.39, 0.29) is 5.57 Å². The molecule has 0 saturated carbocycles. The third kappa shape index (κ3) is 6.16. The van der Waals surface area contributed by atoms with Crippen molar-refractivity contribution in [3.8, 4) is 22.9 Å². The highest BCUT2D eigenvalue weighted by Crippen LogP contribution is 2.21. The SMILES string of the molecule is CCCCNC(=O)/C(C#N)=C/c1ccc(OC(=O)c2ccc(-c3ccccc3)cc2)cc1. The molecule has 0 fully saturated rings. The number of esters is 1. The molecule has 0 bridgehead atoms. The van der Waals surface area contributed by atoms with Crippen LogP contribution in [0.3, 0.4) is 0 Å². The highest BCUT2D eigenvalue weighted by Gasteiger charge is 2.10. The van der Waals surface area contributed by atoms with E-state index in [4.69, 9.17) is 4.74 Å². The highest BCUT2D eigenvalue weighted by atomic mass is 16.5. The van der Waals surface area contributed by atoms with Crippen LogP contribution in [0, 0.1) is 11.3 Å². The van der Waals surface area contributed by atoms with Crippen molar-refractivity contribution in [1.82, 2.24) is 5.32 Å². The van der Waals surface area contributed by atoms with Crippen LogP contribution in [0.5, 0.6) is 5.75 Å². The Morgan fingerprint density at radius 3 is 2.22 bits per heavy atom. The zero-order valence-electron chi connectivity index (χ0n) is 17.9. The molecule has 0 atom stereocenters. The number of carbonyl (C=O) groups excluding carboxylic acids is 2. The molecule has 0 aromatic heterocycles. The summed E-state index contributed by atoms with van der Waals surface area (Å²) in [5.41, 5.74) is 3.24. The molecule has 0 aliphatic carbocycles. The fourth-order valence-corrected chi connectivity index (χ4v) is 3.02. The summed E-state index contributed by atoms with van der Waals surface area (Å²) in [5, 5.41) is 12.0. The summed E-state index contributed by atoms with van der Waals surface area (Å²) in [5.74, 6) is -0.471. The minimum atomic E-state index is -0.457. The second-order valence-electron chi connectivity index (χ2n) is 7.18. The van der Waals surface area contributed by atoms with E-state index in [9.17, 15) is 14.9 Å². The number of unbranched alkanes of at least 4 members (excludes halogenated alkanes) is 1. The van der Waals surface area contributed by atoms with E-state index in [1.165, 1.54) is 6.08 Å². The minimum absolute atomic E-state index is 0.0318. The number of ether oxygens (including phenoxy) is 1. The van der Waals surface area contributed by atoms with E-state index < -0.39 is 11.9 Å². The number of nitrogens with one attached hydrogen (secondary N) is 1. The summed E-state index contributed by atoms with van der Waals surface area (Å²) in [7, 11) is 0. The van der Waals surface area contributed by atoms with Gasteiger partial charge in [-0.25, -0.2) is 4.79 Å². The van der Waals surface area contributed by atoms with Crippen molar-refractivity contribution in [3.05, 3.63) is 95.6 Å². The van der Waals surface area contributed by atoms with Crippen LogP contribution in [0.2, 0.25) is 0 Å². The van der Waals surface area contributed by atoms with E-state index in [0.717, 1.165) is 24.0 Å². The Bertz CT molecular complexity index is 1130. The van der Waals surface area contributed by atoms with Gasteiger partial charge in [0.25, 0.3) is 5.91 Å². The van der Waals surface area contributed by atoms with Crippen LogP contribution in [0.1, 0.15) is 35.7 Å². The van der Waals surface area contributed by atoms with Crippen LogP contribution in [-0.2, 0) is 4.79 Å². The van der Waals surface area contributed by atoms with Crippen LogP contribution < -0.4 is 10.1 Å². The monoisotopic (exact) mass is 424 g/mol. The van der Waals surface area contributed by atoms with Gasteiger partial charge in [-0.05, 0) is 53.5 Å². The molecule has 0 unspecified atom stereocenters. The fourth-order valence-electron chi connectivity index (χ4n) is 3.02. The number of rotatable bonds is 8. The molecule has 0 spiro atoms. The Hall–Kier alpha value is -4.17. The van der Waals surface area contributed by atoms with Crippen LogP contribution in [0.15, 0.2) is 84.4 Å². The molecule has 0 saturated heterocycles. The standard InChI is InChI=1S/C27H24N2O3/c1-2-3-17-29-26(30)24(19-28)18-20-9-15-25(16-10-20)32-27(31)23-13-11-22(12-14-23)21-7-5-4-6-8-21/h4-16,18H,2-3,17H2,1H3,(H,29,30)/b24-18+. The Balaban J connectivity index is 1.63. The van der Waals surface area contributed by atoms with Crippen LogP contribution in [-0.4, -0.2) is 18.4 Å². The van der Waals surface area contributed by atoms with Crippen molar-refractivity contribution < 1.29 is 14.3 Å². The predicted octanol–water partition coefficient (Wildman–Crippen LogP) is 5.40. The molecule has 0 heterocycles. The largest absolute Gasteiger partial charge is 0.423 e. The Morgan fingerprint density at radius 1 is 0.938 bits per heavy atom. The van der Waals surface area contributed by atoms with Crippen molar-refractivity contribution in [2.24, 2.45) is 0 Å². The van der Waals surface area contributed by atoms with E-state index in [1.54, 1.807) is 36.4 Å². The molecular weight excluding hydrogens is 400 g/mol. The number of benzene rings is 3. The fraction of sp³-hybridized carbons (Fsp3) is 0.148. The van der Waals surface area contributed by atoms with Gasteiger partial charge in [0.15, 0.2) is 0 Å². The quantitative estimate of drug-likeness (QED) is 0.173. The second kappa shape index (κ2) is 11.3. The zero-order chi connectivity index (χ0) is 22.8. The van der Waals surface area contributed by atoms with Crippen molar-refractivity contribution in [3.63, 3.8) is 0 Å². The summed E-state index contributed by atoms with van der Waals surface area (Å²) in [6.07, 6.45) is 3.33. The first-order valence-corrected chi connectivity index (χ1v) is 10.5. The topological polar surface area (TPSA) is 79.2 Å². The summed E-state index contributed by atoms with van der Waals surface area (Å²) in [6.45, 7) is 2.57. The zero-order valence-corrected chi connectivity index (χ0v) is 17.9. The number of nitrogens with zero attached hydrogens (tertiary/aromatic N) is 1. The van der Waals surface area contributed by atoms with Crippen molar-refractivity contribution >= 4 is 18.0 Å². The van der Waals surface area contributed by atoms with Gasteiger partial charge >= 0.3 is 5.97 Å². The summed E-state index contributed by atoms with van der Waals surface area (Å²) >= 11 is 0. The third-order valence-electron chi connectivity index (χ3n) is 4.81. The van der Waals surface area contributed by atoms with Gasteiger partial charge in [-0.2, -0.15) is 5.26 Å². The molecule has 0 aliphatic rings. The molecule has 3 aromatic rings. The van der Waals surface area contributed by atoms with Gasteiger partial charge in [0.1, 0.15) is 17.4 Å². The molecule has 3 rings (SSSR count). The molecule has 5 nitrogen and oxygen atoms in total. The summed E-state index contributed by atoms with van der Waals surface area (Å²) < 4.78 is 5.44. The third-order valence-corrected chi connectivity index (χ3v) is 4.81. The molecule has 160 valence electrons. The van der Waals surface area contributed by atoms with Crippen molar-refractivity contribution in [2.45, 2.75) is 19.8 Å². The predicted molar refractivity (Wildman–Crippen MR) is 125 cm³/mol. The Labute approximate surface area is 188 Å². The van der Waals surface area contributed by atoms with Gasteiger partial charge in [0.05, 0.1) is 5.56 Å². The average molecular weight is 425 g/mol. The summed E-state index contributed by atoms with van der Waals surface area (Å²) in [6, 6.07) is 25.7. The van der Waals surface area contributed by atoms with E-state index in [2.05, 4.69) is 5.32 Å². The molecule has 1 amide bonds.